The Hall–Kier alpha value is -2.89. The molecule has 9 nitrogen and oxygen atoms in total. The Balaban J connectivity index is 1.57. The van der Waals surface area contributed by atoms with Gasteiger partial charge in [-0.3, -0.25) is 9.59 Å². The number of ether oxygens (including phenoxy) is 1. The van der Waals surface area contributed by atoms with E-state index in [1.165, 1.54) is 42.1 Å². The van der Waals surface area contributed by atoms with Gasteiger partial charge in [-0.25, -0.2) is 18.4 Å². The van der Waals surface area contributed by atoms with Crippen LogP contribution in [0.1, 0.15) is 17.3 Å². The molecule has 2 aromatic rings. The fourth-order valence-electron chi connectivity index (χ4n) is 2.48. The normalized spacial score (nSPS) is 15.8. The van der Waals surface area contributed by atoms with Crippen LogP contribution in [0.2, 0.25) is 0 Å². The average molecular weight is 435 g/mol. The summed E-state index contributed by atoms with van der Waals surface area (Å²) in [5.41, 5.74) is 1.04. The van der Waals surface area contributed by atoms with Gasteiger partial charge in [-0.2, -0.15) is 0 Å². The second-order valence-electron chi connectivity index (χ2n) is 6.15. The number of hydrogen-bond donors (Lipinski definition) is 3. The van der Waals surface area contributed by atoms with Crippen molar-refractivity contribution in [2.45, 2.75) is 22.0 Å². The minimum atomic E-state index is -3.82. The van der Waals surface area contributed by atoms with Gasteiger partial charge in [0.15, 0.2) is 6.61 Å². The molecular weight excluding hydrogens is 418 g/mol. The molecule has 2 amide bonds. The third-order valence-electron chi connectivity index (χ3n) is 3.95. The molecule has 11 heteroatoms. The maximum absolute atomic E-state index is 12.2. The average Bonchev–Trinajstić information content (AvgIpc) is 2.66. The van der Waals surface area contributed by atoms with Crippen LogP contribution in [0.3, 0.4) is 0 Å². The molecule has 152 valence electrons. The number of sulfonamides is 1. The van der Waals surface area contributed by atoms with Crippen LogP contribution >= 0.6 is 11.8 Å². The zero-order valence-corrected chi connectivity index (χ0v) is 16.8. The number of primary sulfonamides is 1. The van der Waals surface area contributed by atoms with E-state index in [1.807, 2.05) is 0 Å². The van der Waals surface area contributed by atoms with Gasteiger partial charge in [-0.05, 0) is 49.4 Å². The van der Waals surface area contributed by atoms with Gasteiger partial charge in [0.25, 0.3) is 5.91 Å². The van der Waals surface area contributed by atoms with Crippen molar-refractivity contribution in [2.24, 2.45) is 5.14 Å². The van der Waals surface area contributed by atoms with E-state index in [9.17, 15) is 22.8 Å². The minimum absolute atomic E-state index is 0.0889. The number of nitrogens with two attached hydrogens (primary N) is 1. The van der Waals surface area contributed by atoms with E-state index in [-0.39, 0.29) is 21.6 Å². The van der Waals surface area contributed by atoms with E-state index in [0.717, 1.165) is 4.90 Å². The first-order chi connectivity index (χ1) is 13.6. The van der Waals surface area contributed by atoms with Gasteiger partial charge >= 0.3 is 5.97 Å². The molecule has 29 heavy (non-hydrogen) atoms. The maximum atomic E-state index is 12.2. The molecule has 1 heterocycles. The first kappa shape index (κ1) is 20.8. The summed E-state index contributed by atoms with van der Waals surface area (Å²) in [5, 5.41) is 9.98. The van der Waals surface area contributed by atoms with Crippen molar-refractivity contribution in [3.63, 3.8) is 0 Å². The number of rotatable bonds is 5. The van der Waals surface area contributed by atoms with Gasteiger partial charge in [-0.15, -0.1) is 11.8 Å². The number of fused-ring (bicyclic) bond motifs is 1. The summed E-state index contributed by atoms with van der Waals surface area (Å²) in [6.45, 7) is 1.25. The highest BCUT2D eigenvalue weighted by Crippen LogP contribution is 2.36. The summed E-state index contributed by atoms with van der Waals surface area (Å²) in [6, 6.07) is 9.99. The van der Waals surface area contributed by atoms with Gasteiger partial charge in [0.05, 0.1) is 21.4 Å². The van der Waals surface area contributed by atoms with E-state index in [2.05, 4.69) is 10.6 Å². The van der Waals surface area contributed by atoms with Crippen molar-refractivity contribution in [1.29, 1.82) is 0 Å². The molecule has 0 radical (unpaired) electrons. The molecule has 0 aromatic heterocycles. The van der Waals surface area contributed by atoms with Crippen LogP contribution in [-0.4, -0.2) is 38.1 Å². The van der Waals surface area contributed by atoms with Crippen molar-refractivity contribution >= 4 is 50.9 Å². The lowest BCUT2D eigenvalue weighted by atomic mass is 10.2. The number of carbonyl (C=O) groups excluding carboxylic acids is 3. The standard InChI is InChI=1S/C18H17N3O6S2/c1-10-17(23)21-14-8-11(2-7-15(14)28-10)18(24)27-9-16(22)20-12-3-5-13(6-4-12)29(19,25)26/h2-8,10H,9H2,1H3,(H,20,22)(H,21,23)(H2,19,25,26). The molecule has 0 saturated heterocycles. The lowest BCUT2D eigenvalue weighted by Crippen LogP contribution is -2.26. The Kier molecular flexibility index (Phi) is 5.91. The summed E-state index contributed by atoms with van der Waals surface area (Å²) in [6.07, 6.45) is 0. The number of nitrogens with one attached hydrogen (secondary N) is 2. The van der Waals surface area contributed by atoms with Crippen molar-refractivity contribution in [3.05, 3.63) is 48.0 Å². The van der Waals surface area contributed by atoms with Crippen LogP contribution in [0, 0.1) is 0 Å². The van der Waals surface area contributed by atoms with Crippen molar-refractivity contribution in [2.75, 3.05) is 17.2 Å². The fraction of sp³-hybridized carbons (Fsp3) is 0.167. The molecule has 1 atom stereocenters. The minimum Gasteiger partial charge on any atom is -0.452 e. The van der Waals surface area contributed by atoms with E-state index < -0.39 is 28.5 Å². The molecule has 0 saturated carbocycles. The van der Waals surface area contributed by atoms with E-state index in [1.54, 1.807) is 19.1 Å². The zero-order chi connectivity index (χ0) is 21.2. The summed E-state index contributed by atoms with van der Waals surface area (Å²) in [5.74, 6) is -1.47. The lowest BCUT2D eigenvalue weighted by molar-refractivity contribution is -0.119. The first-order valence-electron chi connectivity index (χ1n) is 8.35. The fourth-order valence-corrected chi connectivity index (χ4v) is 3.92. The number of anilines is 2. The molecule has 0 aliphatic carbocycles. The van der Waals surface area contributed by atoms with Gasteiger partial charge in [0, 0.05) is 10.6 Å². The summed E-state index contributed by atoms with van der Waals surface area (Å²) >= 11 is 1.39. The maximum Gasteiger partial charge on any atom is 0.338 e. The van der Waals surface area contributed by atoms with Crippen molar-refractivity contribution in [1.82, 2.24) is 0 Å². The van der Waals surface area contributed by atoms with Crippen LogP contribution < -0.4 is 15.8 Å². The van der Waals surface area contributed by atoms with Gasteiger partial charge in [0.2, 0.25) is 15.9 Å². The van der Waals surface area contributed by atoms with Crippen LogP contribution in [0.15, 0.2) is 52.3 Å². The van der Waals surface area contributed by atoms with Crippen LogP contribution in [-0.2, 0) is 24.3 Å². The Bertz CT molecular complexity index is 1080. The second-order valence-corrected chi connectivity index (χ2v) is 9.10. The number of benzene rings is 2. The monoisotopic (exact) mass is 435 g/mol. The Labute approximate surface area is 171 Å². The number of thioether (sulfide) groups is 1. The number of hydrogen-bond acceptors (Lipinski definition) is 7. The quantitative estimate of drug-likeness (QED) is 0.604. The molecule has 4 N–H and O–H groups in total. The van der Waals surface area contributed by atoms with Crippen molar-refractivity contribution < 1.29 is 27.5 Å². The van der Waals surface area contributed by atoms with Gasteiger partial charge < -0.3 is 15.4 Å². The Morgan fingerprint density at radius 1 is 1.21 bits per heavy atom. The lowest BCUT2D eigenvalue weighted by Gasteiger charge is -2.21. The van der Waals surface area contributed by atoms with Crippen molar-refractivity contribution in [3.8, 4) is 0 Å². The molecule has 0 spiro atoms. The first-order valence-corrected chi connectivity index (χ1v) is 10.8. The molecule has 0 fully saturated rings. The van der Waals surface area contributed by atoms with E-state index in [4.69, 9.17) is 9.88 Å². The topological polar surface area (TPSA) is 145 Å². The van der Waals surface area contributed by atoms with Gasteiger partial charge in [0.1, 0.15) is 0 Å². The number of carbonyl (C=O) groups is 3. The van der Waals surface area contributed by atoms with Crippen LogP contribution in [0.4, 0.5) is 11.4 Å². The third-order valence-corrected chi connectivity index (χ3v) is 6.05. The highest BCUT2D eigenvalue weighted by Gasteiger charge is 2.24. The largest absolute Gasteiger partial charge is 0.452 e. The molecule has 3 rings (SSSR count). The summed E-state index contributed by atoms with van der Waals surface area (Å²) < 4.78 is 27.4. The predicted octanol–water partition coefficient (Wildman–Crippen LogP) is 1.56. The van der Waals surface area contributed by atoms with Crippen LogP contribution in [0.5, 0.6) is 0 Å². The second kappa shape index (κ2) is 8.23. The molecule has 1 aliphatic heterocycles. The Morgan fingerprint density at radius 2 is 1.90 bits per heavy atom. The molecule has 1 aliphatic rings. The summed E-state index contributed by atoms with van der Waals surface area (Å²) in [4.78, 5) is 36.7. The highest BCUT2D eigenvalue weighted by atomic mass is 32.2. The molecular formula is C18H17N3O6S2. The third kappa shape index (κ3) is 5.13. The Morgan fingerprint density at radius 3 is 2.55 bits per heavy atom. The SMILES string of the molecule is CC1Sc2ccc(C(=O)OCC(=O)Nc3ccc(S(N)(=O)=O)cc3)cc2NC1=O. The van der Waals surface area contributed by atoms with Crippen LogP contribution in [0.25, 0.3) is 0 Å². The molecule has 2 aromatic carbocycles. The number of amides is 2. The zero-order valence-electron chi connectivity index (χ0n) is 15.2. The molecule has 1 unspecified atom stereocenters. The number of esters is 1. The van der Waals surface area contributed by atoms with E-state index in [0.29, 0.717) is 11.4 Å². The smallest absolute Gasteiger partial charge is 0.338 e. The van der Waals surface area contributed by atoms with Gasteiger partial charge in [-0.1, -0.05) is 0 Å². The summed E-state index contributed by atoms with van der Waals surface area (Å²) in [7, 11) is -3.82. The highest BCUT2D eigenvalue weighted by molar-refractivity contribution is 8.01. The van der Waals surface area contributed by atoms with E-state index >= 15 is 0 Å². The molecule has 0 bridgehead atoms. The predicted molar refractivity (Wildman–Crippen MR) is 107 cm³/mol.